The van der Waals surface area contributed by atoms with E-state index in [0.717, 1.165) is 16.9 Å². The average molecular weight is 403 g/mol. The Morgan fingerprint density at radius 2 is 1.71 bits per heavy atom. The number of hydrogen-bond acceptors (Lipinski definition) is 5. The number of rotatable bonds is 8. The smallest absolute Gasteiger partial charge is 0.341 e. The van der Waals surface area contributed by atoms with Crippen LogP contribution in [0.1, 0.15) is 51.9 Å². The van der Waals surface area contributed by atoms with Crippen molar-refractivity contribution in [3.8, 4) is 0 Å². The Morgan fingerprint density at radius 3 is 2.29 bits per heavy atom. The highest BCUT2D eigenvalue weighted by atomic mass is 32.1. The van der Waals surface area contributed by atoms with Gasteiger partial charge in [0.25, 0.3) is 5.91 Å². The van der Waals surface area contributed by atoms with Gasteiger partial charge in [-0.3, -0.25) is 9.59 Å². The van der Waals surface area contributed by atoms with Gasteiger partial charge in [-0.25, -0.2) is 4.79 Å². The van der Waals surface area contributed by atoms with E-state index in [2.05, 4.69) is 5.32 Å². The molecule has 0 aliphatic heterocycles. The van der Waals surface area contributed by atoms with E-state index < -0.39 is 5.97 Å². The number of benzene rings is 1. The number of hydrogen-bond donors (Lipinski definition) is 1. The molecule has 1 aromatic heterocycles. The molecule has 0 saturated heterocycles. The summed E-state index contributed by atoms with van der Waals surface area (Å²) >= 11 is 1.12. The first kappa shape index (κ1) is 21.6. The van der Waals surface area contributed by atoms with Crippen LogP contribution in [0, 0.1) is 6.92 Å². The van der Waals surface area contributed by atoms with Crippen LogP contribution in [0.5, 0.6) is 0 Å². The number of thiophene rings is 1. The van der Waals surface area contributed by atoms with E-state index in [9.17, 15) is 14.4 Å². The molecule has 2 amide bonds. The third kappa shape index (κ3) is 4.98. The molecule has 7 heteroatoms. The first-order valence-corrected chi connectivity index (χ1v) is 10.2. The Kier molecular flexibility index (Phi) is 7.75. The van der Waals surface area contributed by atoms with Crippen LogP contribution in [0.3, 0.4) is 0 Å². The summed E-state index contributed by atoms with van der Waals surface area (Å²) in [6.45, 7) is 8.58. The number of nitrogens with zero attached hydrogens (tertiary/aromatic N) is 1. The maximum atomic E-state index is 12.8. The van der Waals surface area contributed by atoms with E-state index in [1.807, 2.05) is 44.2 Å². The van der Waals surface area contributed by atoms with Gasteiger partial charge < -0.3 is 15.0 Å². The molecule has 0 aliphatic rings. The Morgan fingerprint density at radius 1 is 1.07 bits per heavy atom. The predicted molar refractivity (Wildman–Crippen MR) is 111 cm³/mol. The van der Waals surface area contributed by atoms with Crippen molar-refractivity contribution in [3.05, 3.63) is 51.9 Å². The van der Waals surface area contributed by atoms with Crippen LogP contribution < -0.4 is 5.32 Å². The van der Waals surface area contributed by atoms with E-state index in [1.54, 1.807) is 18.7 Å². The minimum absolute atomic E-state index is 0.151. The number of nitrogens with one attached hydrogen (secondary N) is 1. The molecule has 0 radical (unpaired) electrons. The fourth-order valence-electron chi connectivity index (χ4n) is 2.86. The van der Waals surface area contributed by atoms with Crippen molar-refractivity contribution in [1.29, 1.82) is 0 Å². The lowest BCUT2D eigenvalue weighted by Crippen LogP contribution is -2.30. The summed E-state index contributed by atoms with van der Waals surface area (Å²) < 4.78 is 5.15. The largest absolute Gasteiger partial charge is 0.462 e. The lowest BCUT2D eigenvalue weighted by molar-refractivity contribution is -0.115. The van der Waals surface area contributed by atoms with Gasteiger partial charge >= 0.3 is 5.97 Å². The molecule has 0 unspecified atom stereocenters. The number of carbonyl (C=O) groups is 3. The number of anilines is 1. The topological polar surface area (TPSA) is 75.7 Å². The lowest BCUT2D eigenvalue weighted by Gasteiger charge is -2.18. The molecule has 0 saturated carbocycles. The molecule has 1 N–H and O–H groups in total. The predicted octanol–water partition coefficient (Wildman–Crippen LogP) is 3.90. The highest BCUT2D eigenvalue weighted by molar-refractivity contribution is 7.18. The zero-order valence-electron chi connectivity index (χ0n) is 16.7. The summed E-state index contributed by atoms with van der Waals surface area (Å²) in [6, 6.07) is 9.33. The average Bonchev–Trinajstić information content (AvgIpc) is 2.99. The standard InChI is InChI=1S/C21H26N2O4S/c1-5-23(6-2)20(25)18-14(4)17(21(26)27-7-3)19(28-18)22-16(24)13-15-11-9-8-10-12-15/h8-12H,5-7,13H2,1-4H3,(H,22,24). The first-order chi connectivity index (χ1) is 13.4. The van der Waals surface area contributed by atoms with E-state index in [-0.39, 0.29) is 30.4 Å². The molecule has 0 atom stereocenters. The van der Waals surface area contributed by atoms with Gasteiger partial charge in [-0.15, -0.1) is 11.3 Å². The van der Waals surface area contributed by atoms with Crippen molar-refractivity contribution in [2.45, 2.75) is 34.1 Å². The van der Waals surface area contributed by atoms with Gasteiger partial charge in [-0.05, 0) is 38.8 Å². The normalized spacial score (nSPS) is 10.4. The van der Waals surface area contributed by atoms with Crippen LogP contribution in [-0.2, 0) is 16.0 Å². The van der Waals surface area contributed by atoms with E-state index in [4.69, 9.17) is 4.74 Å². The quantitative estimate of drug-likeness (QED) is 0.680. The van der Waals surface area contributed by atoms with Crippen LogP contribution in [0.2, 0.25) is 0 Å². The number of amides is 2. The van der Waals surface area contributed by atoms with Crippen molar-refractivity contribution < 1.29 is 19.1 Å². The van der Waals surface area contributed by atoms with Crippen molar-refractivity contribution in [1.82, 2.24) is 4.90 Å². The molecule has 6 nitrogen and oxygen atoms in total. The van der Waals surface area contributed by atoms with Crippen LogP contribution in [0.4, 0.5) is 5.00 Å². The number of esters is 1. The molecule has 150 valence electrons. The SMILES string of the molecule is CCOC(=O)c1c(NC(=O)Cc2ccccc2)sc(C(=O)N(CC)CC)c1C. The van der Waals surface area contributed by atoms with Gasteiger partial charge in [0.2, 0.25) is 5.91 Å². The van der Waals surface area contributed by atoms with Gasteiger partial charge in [0.1, 0.15) is 5.00 Å². The minimum Gasteiger partial charge on any atom is -0.462 e. The first-order valence-electron chi connectivity index (χ1n) is 9.36. The van der Waals surface area contributed by atoms with Gasteiger partial charge in [-0.1, -0.05) is 30.3 Å². The monoisotopic (exact) mass is 402 g/mol. The molecule has 1 heterocycles. The molecule has 2 aromatic rings. The van der Waals surface area contributed by atoms with Gasteiger partial charge in [0, 0.05) is 13.1 Å². The Hall–Kier alpha value is -2.67. The maximum absolute atomic E-state index is 12.8. The number of carbonyl (C=O) groups excluding carboxylic acids is 3. The van der Waals surface area contributed by atoms with E-state index in [1.165, 1.54) is 0 Å². The highest BCUT2D eigenvalue weighted by Gasteiger charge is 2.28. The molecule has 1 aromatic carbocycles. The fourth-order valence-corrected chi connectivity index (χ4v) is 4.04. The molecule has 0 spiro atoms. The highest BCUT2D eigenvalue weighted by Crippen LogP contribution is 2.34. The Bertz CT molecular complexity index is 842. The van der Waals surface area contributed by atoms with E-state index in [0.29, 0.717) is 28.5 Å². The Balaban J connectivity index is 2.35. The van der Waals surface area contributed by atoms with Crippen molar-refractivity contribution in [2.24, 2.45) is 0 Å². The lowest BCUT2D eigenvalue weighted by atomic mass is 10.1. The molecule has 28 heavy (non-hydrogen) atoms. The molecular formula is C21H26N2O4S. The third-order valence-electron chi connectivity index (χ3n) is 4.33. The zero-order chi connectivity index (χ0) is 20.7. The number of ether oxygens (including phenoxy) is 1. The molecule has 0 aliphatic carbocycles. The summed E-state index contributed by atoms with van der Waals surface area (Å²) in [5, 5.41) is 3.15. The molecule has 2 rings (SSSR count). The summed E-state index contributed by atoms with van der Waals surface area (Å²) in [6.07, 6.45) is 0.180. The molecule has 0 fully saturated rings. The van der Waals surface area contributed by atoms with Crippen LogP contribution in [0.25, 0.3) is 0 Å². The second kappa shape index (κ2) is 10.0. The Labute approximate surface area is 169 Å². The summed E-state index contributed by atoms with van der Waals surface area (Å²) in [7, 11) is 0. The summed E-state index contributed by atoms with van der Waals surface area (Å²) in [5.74, 6) is -0.939. The second-order valence-electron chi connectivity index (χ2n) is 6.17. The molecular weight excluding hydrogens is 376 g/mol. The molecule has 0 bridgehead atoms. The third-order valence-corrected chi connectivity index (χ3v) is 5.53. The minimum atomic E-state index is -0.537. The van der Waals surface area contributed by atoms with Gasteiger partial charge in [0.05, 0.1) is 23.5 Å². The van der Waals surface area contributed by atoms with Crippen molar-refractivity contribution >= 4 is 34.1 Å². The van der Waals surface area contributed by atoms with Crippen LogP contribution in [-0.4, -0.2) is 42.4 Å². The van der Waals surface area contributed by atoms with Crippen LogP contribution in [0.15, 0.2) is 30.3 Å². The van der Waals surface area contributed by atoms with Crippen molar-refractivity contribution in [3.63, 3.8) is 0 Å². The maximum Gasteiger partial charge on any atom is 0.341 e. The second-order valence-corrected chi connectivity index (χ2v) is 7.19. The summed E-state index contributed by atoms with van der Waals surface area (Å²) in [4.78, 5) is 39.9. The van der Waals surface area contributed by atoms with Gasteiger partial charge in [-0.2, -0.15) is 0 Å². The summed E-state index contributed by atoms with van der Waals surface area (Å²) in [5.41, 5.74) is 1.66. The van der Waals surface area contributed by atoms with E-state index >= 15 is 0 Å². The van der Waals surface area contributed by atoms with Crippen LogP contribution >= 0.6 is 11.3 Å². The van der Waals surface area contributed by atoms with Crippen molar-refractivity contribution in [2.75, 3.05) is 25.0 Å². The van der Waals surface area contributed by atoms with Gasteiger partial charge in [0.15, 0.2) is 0 Å². The fraction of sp³-hybridized carbons (Fsp3) is 0.381. The zero-order valence-corrected chi connectivity index (χ0v) is 17.5.